The van der Waals surface area contributed by atoms with Crippen molar-refractivity contribution in [2.45, 2.75) is 31.9 Å². The maximum Gasteiger partial charge on any atom is 0.420 e. The molecule has 0 aliphatic carbocycles. The van der Waals surface area contributed by atoms with Gasteiger partial charge in [-0.05, 0) is 25.1 Å². The molecule has 0 aliphatic heterocycles. The van der Waals surface area contributed by atoms with Gasteiger partial charge in [0.25, 0.3) is 5.56 Å². The molecule has 2 rings (SSSR count). The molecule has 12 heteroatoms. The number of methoxy groups -OCH3 is 1. The lowest BCUT2D eigenvalue weighted by molar-refractivity contribution is -0.217. The first-order valence-electron chi connectivity index (χ1n) is 7.77. The van der Waals surface area contributed by atoms with E-state index in [0.29, 0.717) is 23.9 Å². The molecule has 0 N–H and O–H groups in total. The summed E-state index contributed by atoms with van der Waals surface area (Å²) in [7, 11) is 0.695. The normalized spacial score (nSPS) is 13.6. The molecule has 0 spiro atoms. The number of hydrogen-bond donors (Lipinski definition) is 0. The molecule has 0 fully saturated rings. The van der Waals surface area contributed by atoms with Gasteiger partial charge in [0.2, 0.25) is 0 Å². The van der Waals surface area contributed by atoms with Gasteiger partial charge in [-0.1, -0.05) is 0 Å². The van der Waals surface area contributed by atoms with Crippen LogP contribution in [0.25, 0.3) is 10.8 Å². The number of rotatable bonds is 5. The first-order valence-corrected chi connectivity index (χ1v) is 7.77. The van der Waals surface area contributed by atoms with E-state index >= 15 is 0 Å². The number of aromatic nitrogens is 2. The third-order valence-electron chi connectivity index (χ3n) is 3.68. The molecule has 28 heavy (non-hydrogen) atoms. The van der Waals surface area contributed by atoms with Gasteiger partial charge in [-0.15, -0.1) is 0 Å². The zero-order valence-electron chi connectivity index (χ0n) is 14.5. The number of benzene rings is 1. The molecule has 1 heterocycles. The van der Waals surface area contributed by atoms with Gasteiger partial charge >= 0.3 is 18.3 Å². The molecule has 2 aromatic rings. The van der Waals surface area contributed by atoms with Crippen LogP contribution < -0.4 is 5.56 Å². The monoisotopic (exact) mass is 412 g/mol. The maximum absolute atomic E-state index is 13.3. The lowest BCUT2D eigenvalue weighted by Gasteiger charge is -2.21. The molecular formula is C16H14F6N2O4. The average Bonchev–Trinajstić information content (AvgIpc) is 2.57. The summed E-state index contributed by atoms with van der Waals surface area (Å²) in [6.45, 7) is 0.611. The Morgan fingerprint density at radius 3 is 2.32 bits per heavy atom. The summed E-state index contributed by atoms with van der Waals surface area (Å²) in [5, 5.41) is 2.32. The van der Waals surface area contributed by atoms with E-state index in [9.17, 15) is 35.9 Å². The van der Waals surface area contributed by atoms with E-state index in [1.54, 1.807) is 0 Å². The third kappa shape index (κ3) is 4.43. The zero-order chi connectivity index (χ0) is 21.3. The van der Waals surface area contributed by atoms with Crippen molar-refractivity contribution in [1.29, 1.82) is 0 Å². The van der Waals surface area contributed by atoms with Crippen molar-refractivity contribution >= 4 is 16.7 Å². The second-order valence-electron chi connectivity index (χ2n) is 5.57. The predicted octanol–water partition coefficient (Wildman–Crippen LogP) is 3.23. The molecule has 6 nitrogen and oxygen atoms in total. The Kier molecular flexibility index (Phi) is 6.02. The molecule has 0 saturated carbocycles. The van der Waals surface area contributed by atoms with Crippen molar-refractivity contribution in [1.82, 2.24) is 9.78 Å². The Labute approximate surface area is 153 Å². The van der Waals surface area contributed by atoms with Crippen LogP contribution in [0.1, 0.15) is 24.3 Å². The second-order valence-corrected chi connectivity index (χ2v) is 5.57. The first kappa shape index (κ1) is 21.7. The molecule has 0 radical (unpaired) electrons. The molecule has 0 aliphatic rings. The Hall–Kier alpha value is -2.63. The van der Waals surface area contributed by atoms with Gasteiger partial charge in [0.15, 0.2) is 6.10 Å². The smallest absolute Gasteiger partial charge is 0.420 e. The van der Waals surface area contributed by atoms with E-state index < -0.39 is 58.6 Å². The highest BCUT2D eigenvalue weighted by Crippen LogP contribution is 2.38. The van der Waals surface area contributed by atoms with Crippen molar-refractivity contribution < 1.29 is 40.6 Å². The van der Waals surface area contributed by atoms with Crippen molar-refractivity contribution in [3.8, 4) is 0 Å². The minimum Gasteiger partial charge on any atom is -0.465 e. The van der Waals surface area contributed by atoms with Crippen LogP contribution in [0.2, 0.25) is 0 Å². The largest absolute Gasteiger partial charge is 0.465 e. The summed E-state index contributed by atoms with van der Waals surface area (Å²) in [6, 6.07) is 1.68. The minimum absolute atomic E-state index is 0.0494. The number of halogens is 6. The fourth-order valence-corrected chi connectivity index (χ4v) is 2.52. The van der Waals surface area contributed by atoms with Crippen LogP contribution in [0.5, 0.6) is 0 Å². The molecule has 1 unspecified atom stereocenters. The number of esters is 1. The van der Waals surface area contributed by atoms with Gasteiger partial charge in [-0.2, -0.15) is 31.4 Å². The fraction of sp³-hybridized carbons (Fsp3) is 0.438. The van der Waals surface area contributed by atoms with Crippen LogP contribution in [-0.4, -0.2) is 35.6 Å². The highest BCUT2D eigenvalue weighted by atomic mass is 19.4. The summed E-state index contributed by atoms with van der Waals surface area (Å²) < 4.78 is 88.3. The molecule has 0 amide bonds. The highest BCUT2D eigenvalue weighted by Gasteiger charge is 2.44. The molecule has 1 atom stereocenters. The quantitative estimate of drug-likeness (QED) is 0.557. The van der Waals surface area contributed by atoms with Gasteiger partial charge < -0.3 is 9.47 Å². The van der Waals surface area contributed by atoms with Crippen LogP contribution in [-0.2, 0) is 27.0 Å². The van der Waals surface area contributed by atoms with Crippen LogP contribution in [0.3, 0.4) is 0 Å². The highest BCUT2D eigenvalue weighted by molar-refractivity contribution is 5.85. The summed E-state index contributed by atoms with van der Waals surface area (Å²) in [5.74, 6) is -0.949. The van der Waals surface area contributed by atoms with Crippen molar-refractivity contribution in [2.75, 3.05) is 13.7 Å². The maximum atomic E-state index is 13.3. The molecule has 154 valence electrons. The topological polar surface area (TPSA) is 70.4 Å². The predicted molar refractivity (Wildman–Crippen MR) is 83.4 cm³/mol. The minimum atomic E-state index is -5.03. The Bertz CT molecular complexity index is 936. The molecule has 1 aromatic carbocycles. The lowest BCUT2D eigenvalue weighted by atomic mass is 10.0. The molecular weight excluding hydrogens is 398 g/mol. The van der Waals surface area contributed by atoms with Gasteiger partial charge in [0.05, 0.1) is 17.6 Å². The van der Waals surface area contributed by atoms with Crippen LogP contribution in [0.15, 0.2) is 23.0 Å². The van der Waals surface area contributed by atoms with Crippen LogP contribution in [0.4, 0.5) is 26.3 Å². The van der Waals surface area contributed by atoms with Crippen LogP contribution >= 0.6 is 0 Å². The number of hydrogen-bond acceptors (Lipinski definition) is 5. The Balaban J connectivity index is 2.81. The zero-order valence-corrected chi connectivity index (χ0v) is 14.5. The molecule has 0 bridgehead atoms. The summed E-state index contributed by atoms with van der Waals surface area (Å²) in [4.78, 5) is 24.0. The lowest BCUT2D eigenvalue weighted by Crippen LogP contribution is -2.32. The third-order valence-corrected chi connectivity index (χ3v) is 3.68. The van der Waals surface area contributed by atoms with E-state index in [4.69, 9.17) is 0 Å². The number of carbonyl (C=O) groups is 1. The number of nitrogens with zero attached hydrogens (tertiary/aromatic N) is 2. The Morgan fingerprint density at radius 2 is 1.82 bits per heavy atom. The van der Waals surface area contributed by atoms with E-state index in [1.807, 2.05) is 0 Å². The molecule has 1 aromatic heterocycles. The number of ether oxygens (including phenoxy) is 2. The fourth-order valence-electron chi connectivity index (χ4n) is 2.52. The Morgan fingerprint density at radius 1 is 1.18 bits per heavy atom. The summed E-state index contributed by atoms with van der Waals surface area (Å²) in [5.41, 5.74) is -3.28. The van der Waals surface area contributed by atoms with E-state index in [1.165, 1.54) is 6.92 Å². The summed E-state index contributed by atoms with van der Waals surface area (Å²) >= 11 is 0. The van der Waals surface area contributed by atoms with Gasteiger partial charge in [-0.3, -0.25) is 9.59 Å². The van der Waals surface area contributed by atoms with Crippen molar-refractivity contribution in [2.24, 2.45) is 0 Å². The molecule has 0 saturated heterocycles. The number of carbonyl (C=O) groups excluding carboxylic acids is 1. The van der Waals surface area contributed by atoms with E-state index in [0.717, 1.165) is 6.07 Å². The van der Waals surface area contributed by atoms with Gasteiger partial charge in [0, 0.05) is 12.5 Å². The number of alkyl halides is 6. The second kappa shape index (κ2) is 7.78. The van der Waals surface area contributed by atoms with Crippen molar-refractivity contribution in [3.05, 3.63) is 39.8 Å². The standard InChI is InChI=1S/C16H14F6N2O4/c1-3-28-11(25)7-24-14(26)9-5-4-8(15(17,18)19)6-10(9)12(23-24)13(27-2)16(20,21)22/h4-6,13H,3,7H2,1-2H3. The van der Waals surface area contributed by atoms with Crippen molar-refractivity contribution in [3.63, 3.8) is 0 Å². The van der Waals surface area contributed by atoms with E-state index in [-0.39, 0.29) is 6.61 Å². The first-order chi connectivity index (χ1) is 12.9. The van der Waals surface area contributed by atoms with E-state index in [2.05, 4.69) is 14.6 Å². The summed E-state index contributed by atoms with van der Waals surface area (Å²) in [6.07, 6.45) is -12.6. The average molecular weight is 412 g/mol. The van der Waals surface area contributed by atoms with Crippen LogP contribution in [0, 0.1) is 0 Å². The van der Waals surface area contributed by atoms with Gasteiger partial charge in [-0.25, -0.2) is 4.68 Å². The number of fused-ring (bicyclic) bond motifs is 1. The SMILES string of the molecule is CCOC(=O)Cn1nc(C(OC)C(F)(F)F)c2cc(C(F)(F)F)ccc2c1=O. The van der Waals surface area contributed by atoms with Gasteiger partial charge in [0.1, 0.15) is 12.2 Å².